The third-order valence-electron chi connectivity index (χ3n) is 2.12. The molecular formula is C9H15N3O5. The molecule has 0 aliphatic carbocycles. The van der Waals surface area contributed by atoms with Gasteiger partial charge in [-0.05, 0) is 6.07 Å². The van der Waals surface area contributed by atoms with Gasteiger partial charge in [0.15, 0.2) is 0 Å². The van der Waals surface area contributed by atoms with Gasteiger partial charge in [0.2, 0.25) is 0 Å². The zero-order valence-corrected chi connectivity index (χ0v) is 9.06. The van der Waals surface area contributed by atoms with Crippen LogP contribution in [0.3, 0.4) is 0 Å². The topological polar surface area (TPSA) is 131 Å². The maximum atomic E-state index is 11.3. The largest absolute Gasteiger partial charge is 0.394 e. The van der Waals surface area contributed by atoms with Crippen molar-refractivity contribution >= 4 is 5.82 Å². The summed E-state index contributed by atoms with van der Waals surface area (Å²) in [5.41, 5.74) is 4.70. The molecule has 0 radical (unpaired) electrons. The second kappa shape index (κ2) is 6.30. The fraction of sp³-hybridized carbons (Fsp3) is 0.556. The Kier molecular flexibility index (Phi) is 5.04. The SMILES string of the molecule is Nc1ccn(COC(CO)C(O)CO)c(=O)n1. The monoisotopic (exact) mass is 245 g/mol. The normalized spacial score (nSPS) is 14.5. The summed E-state index contributed by atoms with van der Waals surface area (Å²) in [6, 6.07) is 1.42. The van der Waals surface area contributed by atoms with Gasteiger partial charge >= 0.3 is 5.69 Å². The van der Waals surface area contributed by atoms with E-state index in [-0.39, 0.29) is 12.5 Å². The maximum Gasteiger partial charge on any atom is 0.351 e. The maximum absolute atomic E-state index is 11.3. The van der Waals surface area contributed by atoms with E-state index in [2.05, 4.69) is 4.98 Å². The van der Waals surface area contributed by atoms with Crippen LogP contribution in [0.4, 0.5) is 5.82 Å². The summed E-state index contributed by atoms with van der Waals surface area (Å²) in [5.74, 6) is 0.0975. The Morgan fingerprint density at radius 2 is 2.18 bits per heavy atom. The van der Waals surface area contributed by atoms with Gasteiger partial charge in [-0.1, -0.05) is 0 Å². The molecular weight excluding hydrogens is 230 g/mol. The highest BCUT2D eigenvalue weighted by Gasteiger charge is 2.18. The highest BCUT2D eigenvalue weighted by atomic mass is 16.5. The van der Waals surface area contributed by atoms with E-state index in [0.29, 0.717) is 0 Å². The average Bonchev–Trinajstić information content (AvgIpc) is 2.31. The quantitative estimate of drug-likeness (QED) is 0.436. The van der Waals surface area contributed by atoms with Gasteiger partial charge in [0, 0.05) is 6.20 Å². The van der Waals surface area contributed by atoms with Crippen molar-refractivity contribution in [2.75, 3.05) is 18.9 Å². The predicted octanol–water partition coefficient (Wildman–Crippen LogP) is -2.49. The molecule has 0 bridgehead atoms. The van der Waals surface area contributed by atoms with Gasteiger partial charge in [0.05, 0.1) is 13.2 Å². The van der Waals surface area contributed by atoms with Gasteiger partial charge < -0.3 is 25.8 Å². The number of aliphatic hydroxyl groups excluding tert-OH is 3. The molecule has 0 aliphatic rings. The average molecular weight is 245 g/mol. The fourth-order valence-electron chi connectivity index (χ4n) is 1.12. The number of aliphatic hydroxyl groups is 3. The number of hydrogen-bond acceptors (Lipinski definition) is 7. The van der Waals surface area contributed by atoms with Crippen LogP contribution in [0.25, 0.3) is 0 Å². The summed E-state index contributed by atoms with van der Waals surface area (Å²) >= 11 is 0. The molecule has 8 nitrogen and oxygen atoms in total. The molecule has 0 saturated carbocycles. The van der Waals surface area contributed by atoms with Crippen molar-refractivity contribution in [2.24, 2.45) is 0 Å². The van der Waals surface area contributed by atoms with E-state index in [1.165, 1.54) is 12.3 Å². The molecule has 0 spiro atoms. The second-order valence-electron chi connectivity index (χ2n) is 3.37. The predicted molar refractivity (Wildman–Crippen MR) is 58.0 cm³/mol. The van der Waals surface area contributed by atoms with Crippen LogP contribution in [-0.2, 0) is 11.5 Å². The molecule has 1 aromatic heterocycles. The first-order valence-corrected chi connectivity index (χ1v) is 4.92. The van der Waals surface area contributed by atoms with Gasteiger partial charge in [0.1, 0.15) is 24.8 Å². The summed E-state index contributed by atoms with van der Waals surface area (Å²) < 4.78 is 6.19. The van der Waals surface area contributed by atoms with Gasteiger partial charge in [-0.15, -0.1) is 0 Å². The highest BCUT2D eigenvalue weighted by Crippen LogP contribution is 2.00. The van der Waals surface area contributed by atoms with E-state index in [4.69, 9.17) is 20.7 Å². The summed E-state index contributed by atoms with van der Waals surface area (Å²) in [6.45, 7) is -1.21. The molecule has 1 aromatic rings. The van der Waals surface area contributed by atoms with Crippen LogP contribution in [-0.4, -0.2) is 50.3 Å². The Morgan fingerprint density at radius 3 is 2.71 bits per heavy atom. The molecule has 1 heterocycles. The minimum atomic E-state index is -1.21. The molecule has 0 amide bonds. The Labute approximate surface area is 96.9 Å². The molecule has 0 aliphatic heterocycles. The summed E-state index contributed by atoms with van der Waals surface area (Å²) in [7, 11) is 0. The Morgan fingerprint density at radius 1 is 1.47 bits per heavy atom. The lowest BCUT2D eigenvalue weighted by molar-refractivity contribution is -0.101. The van der Waals surface area contributed by atoms with E-state index >= 15 is 0 Å². The van der Waals surface area contributed by atoms with E-state index in [1.54, 1.807) is 0 Å². The lowest BCUT2D eigenvalue weighted by Gasteiger charge is -2.19. The van der Waals surface area contributed by atoms with Crippen LogP contribution in [0.2, 0.25) is 0 Å². The number of rotatable bonds is 6. The Hall–Kier alpha value is -1.48. The van der Waals surface area contributed by atoms with E-state index in [9.17, 15) is 9.90 Å². The van der Waals surface area contributed by atoms with E-state index in [1.807, 2.05) is 0 Å². The van der Waals surface area contributed by atoms with Crippen molar-refractivity contribution in [3.8, 4) is 0 Å². The third-order valence-corrected chi connectivity index (χ3v) is 2.12. The van der Waals surface area contributed by atoms with Gasteiger partial charge in [-0.25, -0.2) is 4.79 Å². The lowest BCUT2D eigenvalue weighted by atomic mass is 10.2. The molecule has 0 fully saturated rings. The number of aromatic nitrogens is 2. The summed E-state index contributed by atoms with van der Waals surface area (Å²) in [6.07, 6.45) is -0.799. The standard InChI is InChI=1S/C9H15N3O5/c10-8-1-2-12(9(16)11-8)5-17-7(4-14)6(15)3-13/h1-2,6-7,13-15H,3-5H2,(H2,10,11,16). The number of anilines is 1. The van der Waals surface area contributed by atoms with Crippen molar-refractivity contribution < 1.29 is 20.1 Å². The van der Waals surface area contributed by atoms with Crippen molar-refractivity contribution in [3.63, 3.8) is 0 Å². The summed E-state index contributed by atoms with van der Waals surface area (Å²) in [4.78, 5) is 14.8. The van der Waals surface area contributed by atoms with Crippen molar-refractivity contribution in [2.45, 2.75) is 18.9 Å². The second-order valence-corrected chi connectivity index (χ2v) is 3.37. The third kappa shape index (κ3) is 3.79. The summed E-state index contributed by atoms with van der Waals surface area (Å²) in [5, 5.41) is 26.8. The van der Waals surface area contributed by atoms with Crippen molar-refractivity contribution in [3.05, 3.63) is 22.7 Å². The number of hydrogen-bond donors (Lipinski definition) is 4. The van der Waals surface area contributed by atoms with Gasteiger partial charge in [0.25, 0.3) is 0 Å². The molecule has 2 unspecified atom stereocenters. The van der Waals surface area contributed by atoms with Crippen LogP contribution >= 0.6 is 0 Å². The molecule has 17 heavy (non-hydrogen) atoms. The van der Waals surface area contributed by atoms with Gasteiger partial charge in [-0.3, -0.25) is 4.57 Å². The first kappa shape index (κ1) is 13.6. The zero-order chi connectivity index (χ0) is 12.8. The van der Waals surface area contributed by atoms with Crippen LogP contribution in [0, 0.1) is 0 Å². The first-order valence-electron chi connectivity index (χ1n) is 4.92. The van der Waals surface area contributed by atoms with Crippen LogP contribution in [0.15, 0.2) is 17.1 Å². The number of nitrogen functional groups attached to an aromatic ring is 1. The molecule has 2 atom stereocenters. The molecule has 8 heteroatoms. The zero-order valence-electron chi connectivity index (χ0n) is 9.06. The minimum Gasteiger partial charge on any atom is -0.394 e. The fourth-order valence-corrected chi connectivity index (χ4v) is 1.12. The Bertz CT molecular complexity index is 408. The number of ether oxygens (including phenoxy) is 1. The Balaban J connectivity index is 2.63. The van der Waals surface area contributed by atoms with E-state index in [0.717, 1.165) is 4.57 Å². The smallest absolute Gasteiger partial charge is 0.351 e. The van der Waals surface area contributed by atoms with Crippen LogP contribution in [0.5, 0.6) is 0 Å². The molecule has 0 saturated heterocycles. The minimum absolute atomic E-state index is 0.0975. The lowest BCUT2D eigenvalue weighted by Crippen LogP contribution is -2.37. The first-order chi connectivity index (χ1) is 8.08. The molecule has 0 aromatic carbocycles. The van der Waals surface area contributed by atoms with E-state index < -0.39 is 31.1 Å². The van der Waals surface area contributed by atoms with Crippen LogP contribution < -0.4 is 11.4 Å². The van der Waals surface area contributed by atoms with Crippen molar-refractivity contribution in [1.29, 1.82) is 0 Å². The number of nitrogens with zero attached hydrogens (tertiary/aromatic N) is 2. The van der Waals surface area contributed by atoms with Crippen molar-refractivity contribution in [1.82, 2.24) is 9.55 Å². The number of nitrogens with two attached hydrogens (primary N) is 1. The molecule has 1 rings (SSSR count). The van der Waals surface area contributed by atoms with Crippen LogP contribution in [0.1, 0.15) is 0 Å². The van der Waals surface area contributed by atoms with Gasteiger partial charge in [-0.2, -0.15) is 4.98 Å². The molecule has 5 N–H and O–H groups in total. The molecule has 96 valence electrons. The highest BCUT2D eigenvalue weighted by molar-refractivity contribution is 5.23.